The van der Waals surface area contributed by atoms with Crippen molar-refractivity contribution in [2.75, 3.05) is 7.11 Å². The number of methoxy groups -OCH3 is 1. The van der Waals surface area contributed by atoms with E-state index in [9.17, 15) is 4.91 Å². The summed E-state index contributed by atoms with van der Waals surface area (Å²) in [4.78, 5) is 10.6. The smallest absolute Gasteiger partial charge is 0.155 e. The molecule has 0 fully saturated rings. The van der Waals surface area contributed by atoms with Crippen LogP contribution in [-0.4, -0.2) is 7.11 Å². The van der Waals surface area contributed by atoms with Crippen molar-refractivity contribution in [3.8, 4) is 16.9 Å². The van der Waals surface area contributed by atoms with Gasteiger partial charge in [-0.3, -0.25) is 0 Å². The predicted octanol–water partition coefficient (Wildman–Crippen LogP) is 3.76. The Hall–Kier alpha value is -2.16. The number of nitroso groups, excluding NO2 is 1. The highest BCUT2D eigenvalue weighted by Gasteiger charge is 2.10. The van der Waals surface area contributed by atoms with Crippen molar-refractivity contribution < 1.29 is 4.74 Å². The molecular weight excluding hydrogens is 202 g/mol. The quantitative estimate of drug-likeness (QED) is 0.728. The second kappa shape index (κ2) is 4.57. The summed E-state index contributed by atoms with van der Waals surface area (Å²) < 4.78 is 5.23. The van der Waals surface area contributed by atoms with Crippen LogP contribution < -0.4 is 4.74 Å². The summed E-state index contributed by atoms with van der Waals surface area (Å²) in [5, 5.41) is 2.95. The van der Waals surface area contributed by atoms with Crippen LogP contribution in [0.4, 0.5) is 5.69 Å². The summed E-state index contributed by atoms with van der Waals surface area (Å²) in [6, 6.07) is 15.1. The lowest BCUT2D eigenvalue weighted by atomic mass is 10.0. The average molecular weight is 213 g/mol. The Morgan fingerprint density at radius 3 is 2.38 bits per heavy atom. The van der Waals surface area contributed by atoms with Crippen molar-refractivity contribution in [1.29, 1.82) is 0 Å². The van der Waals surface area contributed by atoms with E-state index in [1.165, 1.54) is 7.11 Å². The highest BCUT2D eigenvalue weighted by atomic mass is 16.5. The number of hydrogen-bond acceptors (Lipinski definition) is 3. The lowest BCUT2D eigenvalue weighted by molar-refractivity contribution is 0.418. The molecule has 0 spiro atoms. The van der Waals surface area contributed by atoms with Crippen molar-refractivity contribution in [3.63, 3.8) is 0 Å². The van der Waals surface area contributed by atoms with Crippen LogP contribution in [0.15, 0.2) is 53.7 Å². The van der Waals surface area contributed by atoms with Crippen LogP contribution in [0.2, 0.25) is 0 Å². The molecule has 16 heavy (non-hydrogen) atoms. The Bertz CT molecular complexity index is 495. The standard InChI is InChI=1S/C13H11NO2/c1-16-13-11(8-5-9-12(13)14-15)10-6-3-2-4-7-10/h2-9H,1H3. The minimum Gasteiger partial charge on any atom is -0.494 e. The van der Waals surface area contributed by atoms with E-state index >= 15 is 0 Å². The molecular formula is C13H11NO2. The molecule has 0 aromatic heterocycles. The summed E-state index contributed by atoms with van der Waals surface area (Å²) in [6.45, 7) is 0. The zero-order chi connectivity index (χ0) is 11.4. The zero-order valence-corrected chi connectivity index (χ0v) is 8.88. The van der Waals surface area contributed by atoms with Crippen LogP contribution in [0.25, 0.3) is 11.1 Å². The molecule has 0 unspecified atom stereocenters. The van der Waals surface area contributed by atoms with Crippen LogP contribution in [0.5, 0.6) is 5.75 Å². The lowest BCUT2D eigenvalue weighted by Gasteiger charge is -2.09. The van der Waals surface area contributed by atoms with Gasteiger partial charge in [0.15, 0.2) is 11.4 Å². The van der Waals surface area contributed by atoms with E-state index in [1.54, 1.807) is 12.1 Å². The monoisotopic (exact) mass is 213 g/mol. The maximum Gasteiger partial charge on any atom is 0.155 e. The first kappa shape index (κ1) is 10.4. The molecule has 0 bridgehead atoms. The first-order chi connectivity index (χ1) is 7.86. The van der Waals surface area contributed by atoms with Crippen molar-refractivity contribution in [1.82, 2.24) is 0 Å². The summed E-state index contributed by atoms with van der Waals surface area (Å²) in [6.07, 6.45) is 0. The first-order valence-electron chi connectivity index (χ1n) is 4.92. The van der Waals surface area contributed by atoms with Gasteiger partial charge in [0.25, 0.3) is 0 Å². The SMILES string of the molecule is COc1c(N=O)cccc1-c1ccccc1. The van der Waals surface area contributed by atoms with Crippen molar-refractivity contribution in [2.45, 2.75) is 0 Å². The Balaban J connectivity index is 2.61. The van der Waals surface area contributed by atoms with Gasteiger partial charge in [0.2, 0.25) is 0 Å². The third-order valence-corrected chi connectivity index (χ3v) is 2.38. The minimum absolute atomic E-state index is 0.323. The third kappa shape index (κ3) is 1.80. The molecule has 0 N–H and O–H groups in total. The Morgan fingerprint density at radius 2 is 1.75 bits per heavy atom. The van der Waals surface area contributed by atoms with Crippen molar-refractivity contribution in [3.05, 3.63) is 53.4 Å². The maximum absolute atomic E-state index is 10.6. The Labute approximate surface area is 93.7 Å². The largest absolute Gasteiger partial charge is 0.494 e. The van der Waals surface area contributed by atoms with Gasteiger partial charge in [0.1, 0.15) is 0 Å². The molecule has 2 aromatic rings. The molecule has 2 aromatic carbocycles. The van der Waals surface area contributed by atoms with Crippen LogP contribution in [0, 0.1) is 4.91 Å². The van der Waals surface area contributed by atoms with Gasteiger partial charge in [0.05, 0.1) is 7.11 Å². The van der Waals surface area contributed by atoms with Gasteiger partial charge in [-0.1, -0.05) is 42.5 Å². The highest BCUT2D eigenvalue weighted by molar-refractivity contribution is 5.76. The molecule has 0 saturated carbocycles. The molecule has 0 amide bonds. The van der Waals surface area contributed by atoms with Gasteiger partial charge < -0.3 is 4.74 Å². The fraction of sp³-hybridized carbons (Fsp3) is 0.0769. The van der Waals surface area contributed by atoms with E-state index in [0.29, 0.717) is 11.4 Å². The van der Waals surface area contributed by atoms with E-state index < -0.39 is 0 Å². The number of para-hydroxylation sites is 1. The summed E-state index contributed by atoms with van der Waals surface area (Å²) in [7, 11) is 1.54. The number of benzene rings is 2. The van der Waals surface area contributed by atoms with Gasteiger partial charge in [-0.25, -0.2) is 0 Å². The maximum atomic E-state index is 10.6. The van der Waals surface area contributed by atoms with E-state index in [4.69, 9.17) is 4.74 Å². The van der Waals surface area contributed by atoms with E-state index in [2.05, 4.69) is 5.18 Å². The second-order valence-corrected chi connectivity index (χ2v) is 3.32. The van der Waals surface area contributed by atoms with Gasteiger partial charge >= 0.3 is 0 Å². The average Bonchev–Trinajstić information content (AvgIpc) is 2.38. The van der Waals surface area contributed by atoms with Gasteiger partial charge in [-0.2, -0.15) is 0 Å². The van der Waals surface area contributed by atoms with Crippen molar-refractivity contribution >= 4 is 5.69 Å². The van der Waals surface area contributed by atoms with Crippen LogP contribution >= 0.6 is 0 Å². The van der Waals surface area contributed by atoms with E-state index in [-0.39, 0.29) is 0 Å². The highest BCUT2D eigenvalue weighted by Crippen LogP contribution is 2.37. The number of nitrogens with zero attached hydrogens (tertiary/aromatic N) is 1. The molecule has 0 atom stereocenters. The predicted molar refractivity (Wildman–Crippen MR) is 63.9 cm³/mol. The topological polar surface area (TPSA) is 38.7 Å². The molecule has 0 saturated heterocycles. The summed E-state index contributed by atoms with van der Waals surface area (Å²) in [5.41, 5.74) is 2.20. The third-order valence-electron chi connectivity index (χ3n) is 2.38. The fourth-order valence-electron chi connectivity index (χ4n) is 1.66. The normalized spacial score (nSPS) is 9.81. The molecule has 0 aliphatic carbocycles. The fourth-order valence-corrected chi connectivity index (χ4v) is 1.66. The Kier molecular flexibility index (Phi) is 2.96. The summed E-state index contributed by atoms with van der Waals surface area (Å²) >= 11 is 0. The van der Waals surface area contributed by atoms with Crippen LogP contribution in [0.1, 0.15) is 0 Å². The molecule has 0 aliphatic rings. The molecule has 0 heterocycles. The molecule has 3 nitrogen and oxygen atoms in total. The van der Waals surface area contributed by atoms with Crippen LogP contribution in [0.3, 0.4) is 0 Å². The lowest BCUT2D eigenvalue weighted by Crippen LogP contribution is -1.88. The number of rotatable bonds is 3. The molecule has 0 radical (unpaired) electrons. The second-order valence-electron chi connectivity index (χ2n) is 3.32. The van der Waals surface area contributed by atoms with Crippen LogP contribution in [-0.2, 0) is 0 Å². The first-order valence-corrected chi connectivity index (χ1v) is 4.92. The number of ether oxygens (including phenoxy) is 1. The van der Waals surface area contributed by atoms with Gasteiger partial charge in [0, 0.05) is 5.56 Å². The van der Waals surface area contributed by atoms with E-state index in [1.807, 2.05) is 36.4 Å². The van der Waals surface area contributed by atoms with E-state index in [0.717, 1.165) is 11.1 Å². The molecule has 0 aliphatic heterocycles. The zero-order valence-electron chi connectivity index (χ0n) is 8.88. The Morgan fingerprint density at radius 1 is 1.00 bits per heavy atom. The summed E-state index contributed by atoms with van der Waals surface area (Å²) in [5.74, 6) is 0.517. The van der Waals surface area contributed by atoms with Crippen molar-refractivity contribution in [2.24, 2.45) is 5.18 Å². The molecule has 2 rings (SSSR count). The number of hydrogen-bond donors (Lipinski definition) is 0. The van der Waals surface area contributed by atoms with Gasteiger partial charge in [-0.05, 0) is 16.8 Å². The minimum atomic E-state index is 0.323. The van der Waals surface area contributed by atoms with Gasteiger partial charge in [-0.15, -0.1) is 4.91 Å². The molecule has 80 valence electrons. The molecule has 3 heteroatoms.